The molecule has 39 heavy (non-hydrogen) atoms. The van der Waals surface area contributed by atoms with Crippen LogP contribution < -0.4 is 15.8 Å². The van der Waals surface area contributed by atoms with Crippen LogP contribution in [0.3, 0.4) is 0 Å². The van der Waals surface area contributed by atoms with Gasteiger partial charge in [-0.2, -0.15) is 0 Å². The van der Waals surface area contributed by atoms with Crippen molar-refractivity contribution in [1.82, 2.24) is 14.3 Å². The number of halogens is 1. The van der Waals surface area contributed by atoms with Crippen molar-refractivity contribution in [2.24, 2.45) is 5.92 Å². The summed E-state index contributed by atoms with van der Waals surface area (Å²) in [6, 6.07) is 10.3. The van der Waals surface area contributed by atoms with Gasteiger partial charge < -0.3 is 20.2 Å². The molecule has 1 aliphatic carbocycles. The first-order valence-corrected chi connectivity index (χ1v) is 13.2. The van der Waals surface area contributed by atoms with Crippen molar-refractivity contribution in [2.75, 3.05) is 43.9 Å². The molecule has 0 radical (unpaired) electrons. The molecule has 0 amide bonds. The summed E-state index contributed by atoms with van der Waals surface area (Å²) in [6.07, 6.45) is 5.29. The number of pyridine rings is 3. The molecule has 2 fully saturated rings. The van der Waals surface area contributed by atoms with Crippen molar-refractivity contribution < 1.29 is 14.3 Å². The lowest BCUT2D eigenvalue weighted by Crippen LogP contribution is -2.32. The van der Waals surface area contributed by atoms with Crippen molar-refractivity contribution in [3.63, 3.8) is 0 Å². The van der Waals surface area contributed by atoms with Crippen LogP contribution in [0.1, 0.15) is 28.0 Å². The number of aromatic nitrogens is 2. The van der Waals surface area contributed by atoms with E-state index >= 15 is 0 Å². The highest BCUT2D eigenvalue weighted by atomic mass is 19.1. The minimum absolute atomic E-state index is 0.281. The number of likely N-dealkylation sites (tertiary alicyclic amines) is 1. The van der Waals surface area contributed by atoms with Crippen LogP contribution in [0.2, 0.25) is 0 Å². The lowest BCUT2D eigenvalue weighted by molar-refractivity contribution is 0.0694. The number of nitrogens with one attached hydrogen (secondary N) is 1. The van der Waals surface area contributed by atoms with E-state index in [4.69, 9.17) is 4.98 Å². The minimum Gasteiger partial charge on any atom is -0.477 e. The number of fused-ring (bicyclic) bond motifs is 5. The SMILES string of the molecule is CNc1cc(F)cc2c1Cc1ncc(-c3ccc4ccc(C(=O)O)c(=O)n4c3)c(N3C[C@H]4CCN(C)[C@H]4C3)c1-2. The molecule has 0 bridgehead atoms. The van der Waals surface area contributed by atoms with Crippen molar-refractivity contribution in [3.8, 4) is 22.3 Å². The molecule has 3 aromatic heterocycles. The third-order valence-electron chi connectivity index (χ3n) is 8.76. The molecular weight excluding hydrogens is 497 g/mol. The molecule has 5 heterocycles. The number of anilines is 2. The summed E-state index contributed by atoms with van der Waals surface area (Å²) in [6.45, 7) is 2.83. The third-order valence-corrected chi connectivity index (χ3v) is 8.76. The maximum Gasteiger partial charge on any atom is 0.341 e. The summed E-state index contributed by atoms with van der Waals surface area (Å²) in [5.41, 5.74) is 6.80. The van der Waals surface area contributed by atoms with Crippen LogP contribution in [-0.2, 0) is 6.42 Å². The first-order chi connectivity index (χ1) is 18.8. The molecule has 9 heteroatoms. The maximum absolute atomic E-state index is 14.8. The monoisotopic (exact) mass is 525 g/mol. The van der Waals surface area contributed by atoms with E-state index in [0.29, 0.717) is 23.9 Å². The zero-order valence-corrected chi connectivity index (χ0v) is 21.7. The van der Waals surface area contributed by atoms with Crippen LogP contribution in [0.15, 0.2) is 53.6 Å². The van der Waals surface area contributed by atoms with Gasteiger partial charge in [-0.1, -0.05) is 6.07 Å². The fourth-order valence-electron chi connectivity index (χ4n) is 6.81. The van der Waals surface area contributed by atoms with Crippen LogP contribution in [0.4, 0.5) is 15.8 Å². The smallest absolute Gasteiger partial charge is 0.341 e. The van der Waals surface area contributed by atoms with E-state index in [-0.39, 0.29) is 11.4 Å². The number of benzene rings is 1. The second-order valence-electron chi connectivity index (χ2n) is 10.8. The molecule has 198 valence electrons. The van der Waals surface area contributed by atoms with Gasteiger partial charge in [-0.05, 0) is 67.4 Å². The van der Waals surface area contributed by atoms with E-state index in [1.807, 2.05) is 18.3 Å². The molecule has 2 saturated heterocycles. The molecular formula is C30H28FN5O3. The predicted octanol–water partition coefficient (Wildman–Crippen LogP) is 3.95. The number of rotatable bonds is 4. The van der Waals surface area contributed by atoms with Gasteiger partial charge in [0.2, 0.25) is 0 Å². The van der Waals surface area contributed by atoms with E-state index in [0.717, 1.165) is 70.9 Å². The van der Waals surface area contributed by atoms with Crippen LogP contribution in [0.25, 0.3) is 27.8 Å². The Balaban J connectivity index is 1.47. The molecule has 4 aromatic rings. The topological polar surface area (TPSA) is 90.2 Å². The van der Waals surface area contributed by atoms with Gasteiger partial charge in [-0.3, -0.25) is 14.2 Å². The molecule has 2 atom stereocenters. The molecule has 0 saturated carbocycles. The van der Waals surface area contributed by atoms with Gasteiger partial charge in [0.15, 0.2) is 0 Å². The van der Waals surface area contributed by atoms with Crippen LogP contribution in [0.5, 0.6) is 0 Å². The zero-order valence-electron chi connectivity index (χ0n) is 21.7. The van der Waals surface area contributed by atoms with Crippen molar-refractivity contribution in [3.05, 3.63) is 81.8 Å². The van der Waals surface area contributed by atoms with E-state index in [9.17, 15) is 19.1 Å². The lowest BCUT2D eigenvalue weighted by atomic mass is 9.98. The van der Waals surface area contributed by atoms with Gasteiger partial charge in [0.25, 0.3) is 5.56 Å². The van der Waals surface area contributed by atoms with Gasteiger partial charge in [0.05, 0.1) is 11.4 Å². The number of likely N-dealkylation sites (N-methyl/N-ethyl adjacent to an activating group) is 1. The summed E-state index contributed by atoms with van der Waals surface area (Å²) in [5.74, 6) is -1.02. The van der Waals surface area contributed by atoms with Gasteiger partial charge in [0.1, 0.15) is 11.4 Å². The number of carboxylic acids is 1. The normalized spacial score (nSPS) is 19.8. The van der Waals surface area contributed by atoms with Crippen LogP contribution in [0, 0.1) is 11.7 Å². The molecule has 8 nitrogen and oxygen atoms in total. The zero-order chi connectivity index (χ0) is 27.0. The first-order valence-electron chi connectivity index (χ1n) is 13.2. The van der Waals surface area contributed by atoms with Gasteiger partial charge in [-0.15, -0.1) is 0 Å². The molecule has 0 spiro atoms. The van der Waals surface area contributed by atoms with E-state index < -0.39 is 11.5 Å². The Morgan fingerprint density at radius 3 is 2.74 bits per heavy atom. The Bertz CT molecular complexity index is 1750. The molecule has 2 N–H and O–H groups in total. The fourth-order valence-corrected chi connectivity index (χ4v) is 6.81. The highest BCUT2D eigenvalue weighted by Gasteiger charge is 2.42. The molecule has 7 rings (SSSR count). The van der Waals surface area contributed by atoms with Crippen molar-refractivity contribution >= 4 is 22.9 Å². The number of hydrogen-bond donors (Lipinski definition) is 2. The summed E-state index contributed by atoms with van der Waals surface area (Å²) >= 11 is 0. The Morgan fingerprint density at radius 2 is 1.97 bits per heavy atom. The van der Waals surface area contributed by atoms with Gasteiger partial charge in [0, 0.05) is 72.9 Å². The quantitative estimate of drug-likeness (QED) is 0.367. The summed E-state index contributed by atoms with van der Waals surface area (Å²) in [7, 11) is 3.97. The molecule has 3 aliphatic rings. The summed E-state index contributed by atoms with van der Waals surface area (Å²) < 4.78 is 16.2. The predicted molar refractivity (Wildman–Crippen MR) is 148 cm³/mol. The standard InChI is InChI=1S/C30H28FN5O3/c1-32-24-10-18(31)9-22-21(24)11-25-27(22)28(35-13-17-7-8-34(2)26(17)15-35)23(12-33-25)16-3-4-19-5-6-20(30(38)39)29(37)36(19)14-16/h3-6,9-10,12,14,17,26,32H,7-8,11,13,15H2,1-2H3,(H,38,39)/t17-,26+/m1/s1. The number of nitrogens with zero attached hydrogens (tertiary/aromatic N) is 4. The van der Waals surface area contributed by atoms with Crippen molar-refractivity contribution in [1.29, 1.82) is 0 Å². The van der Waals surface area contributed by atoms with Gasteiger partial charge in [-0.25, -0.2) is 9.18 Å². The van der Waals surface area contributed by atoms with Gasteiger partial charge >= 0.3 is 5.97 Å². The van der Waals surface area contributed by atoms with E-state index in [2.05, 4.69) is 22.2 Å². The first kappa shape index (κ1) is 23.8. The highest BCUT2D eigenvalue weighted by molar-refractivity contribution is 5.97. The minimum atomic E-state index is -1.26. The molecule has 2 aliphatic heterocycles. The van der Waals surface area contributed by atoms with Crippen LogP contribution in [-0.4, -0.2) is 65.1 Å². The summed E-state index contributed by atoms with van der Waals surface area (Å²) in [4.78, 5) is 34.3. The highest BCUT2D eigenvalue weighted by Crippen LogP contribution is 2.50. The summed E-state index contributed by atoms with van der Waals surface area (Å²) in [5, 5.41) is 12.6. The van der Waals surface area contributed by atoms with Crippen molar-refractivity contribution in [2.45, 2.75) is 18.9 Å². The number of carbonyl (C=O) groups is 1. The number of aromatic carboxylic acids is 1. The molecule has 1 aromatic carbocycles. The maximum atomic E-state index is 14.8. The average molecular weight is 526 g/mol. The second-order valence-corrected chi connectivity index (χ2v) is 10.8. The lowest BCUT2D eigenvalue weighted by Gasteiger charge is -2.27. The van der Waals surface area contributed by atoms with E-state index in [1.165, 1.54) is 16.5 Å². The van der Waals surface area contributed by atoms with E-state index in [1.54, 1.807) is 25.4 Å². The fraction of sp³-hybridized carbons (Fsp3) is 0.300. The largest absolute Gasteiger partial charge is 0.477 e. The second kappa shape index (κ2) is 8.64. The number of hydrogen-bond acceptors (Lipinski definition) is 6. The third kappa shape index (κ3) is 3.56. The Hall–Kier alpha value is -4.24. The average Bonchev–Trinajstić information content (AvgIpc) is 3.61. The van der Waals surface area contributed by atoms with Crippen LogP contribution >= 0.6 is 0 Å². The Kier molecular flexibility index (Phi) is 5.28. The Morgan fingerprint density at radius 1 is 1.15 bits per heavy atom. The molecule has 0 unspecified atom stereocenters. The number of carboxylic acid groups (broad SMARTS) is 1. The Labute approximate surface area is 224 Å².